The molecule has 0 saturated heterocycles. The zero-order valence-corrected chi connectivity index (χ0v) is 21.2. The van der Waals surface area contributed by atoms with Crippen molar-refractivity contribution in [3.05, 3.63) is 119 Å². The minimum absolute atomic E-state index is 0.0942. The minimum atomic E-state index is -4.52. The number of halogens is 4. The molecular weight excluding hydrogens is 526 g/mol. The van der Waals surface area contributed by atoms with Gasteiger partial charge in [0.05, 0.1) is 29.3 Å². The van der Waals surface area contributed by atoms with E-state index in [0.29, 0.717) is 24.0 Å². The van der Waals surface area contributed by atoms with Crippen molar-refractivity contribution in [3.8, 4) is 22.6 Å². The highest BCUT2D eigenvalue weighted by Crippen LogP contribution is 2.46. The van der Waals surface area contributed by atoms with E-state index < -0.39 is 35.0 Å². The lowest BCUT2D eigenvalue weighted by atomic mass is 9.99. The molecule has 204 valence electrons. The zero-order valence-electron chi connectivity index (χ0n) is 21.2. The first-order valence-corrected chi connectivity index (χ1v) is 12.3. The average Bonchev–Trinajstić information content (AvgIpc) is 3.74. The number of ether oxygens (including phenoxy) is 2. The number of amides is 1. The number of hydrogen-bond donors (Lipinski definition) is 1. The summed E-state index contributed by atoms with van der Waals surface area (Å²) in [6.07, 6.45) is -3.22. The Bertz CT molecular complexity index is 1560. The van der Waals surface area contributed by atoms with Gasteiger partial charge in [-0.15, -0.1) is 0 Å². The van der Waals surface area contributed by atoms with E-state index in [1.54, 1.807) is 30.3 Å². The highest BCUT2D eigenvalue weighted by Gasteiger charge is 2.46. The van der Waals surface area contributed by atoms with E-state index in [0.717, 1.165) is 17.7 Å². The molecule has 5 rings (SSSR count). The van der Waals surface area contributed by atoms with E-state index in [2.05, 4.69) is 5.32 Å². The Hall–Kier alpha value is -4.66. The third kappa shape index (κ3) is 5.68. The van der Waals surface area contributed by atoms with Crippen LogP contribution in [-0.2, 0) is 16.5 Å². The lowest BCUT2D eigenvalue weighted by Gasteiger charge is -2.20. The molecule has 40 heavy (non-hydrogen) atoms. The van der Waals surface area contributed by atoms with Crippen molar-refractivity contribution < 1.29 is 36.6 Å². The van der Waals surface area contributed by atoms with Gasteiger partial charge in [-0.3, -0.25) is 4.79 Å². The quantitative estimate of drug-likeness (QED) is 0.191. The molecule has 4 aromatic rings. The van der Waals surface area contributed by atoms with Crippen LogP contribution >= 0.6 is 0 Å². The van der Waals surface area contributed by atoms with Crippen LogP contribution < -0.4 is 10.1 Å². The van der Waals surface area contributed by atoms with Crippen molar-refractivity contribution in [2.75, 3.05) is 7.11 Å². The molecule has 1 amide bonds. The summed E-state index contributed by atoms with van der Waals surface area (Å²) in [5, 5.41) is 3.04. The summed E-state index contributed by atoms with van der Waals surface area (Å²) in [5.41, 5.74) is 0.435. The fourth-order valence-electron chi connectivity index (χ4n) is 4.42. The van der Waals surface area contributed by atoms with E-state index in [1.165, 1.54) is 55.6 Å². The van der Waals surface area contributed by atoms with Gasteiger partial charge >= 0.3 is 12.1 Å². The smallest absolute Gasteiger partial charge is 0.416 e. The van der Waals surface area contributed by atoms with Crippen molar-refractivity contribution in [3.63, 3.8) is 0 Å². The van der Waals surface area contributed by atoms with Gasteiger partial charge in [-0.2, -0.15) is 13.2 Å². The molecule has 1 N–H and O–H groups in total. The standard InChI is InChI=1S/C31H23F4NO4/c1-39-29(38)19-5-8-22(9-6-19)30(15-16-30)36-28(37)26-18-21(20-3-2-4-23(17-20)31(33,34)35)7-14-27(26)40-25-12-10-24(32)11-13-25/h2-14,17-18H,15-16H2,1H3,(H,36,37). The van der Waals surface area contributed by atoms with Crippen LogP contribution in [0.15, 0.2) is 91.0 Å². The molecule has 1 saturated carbocycles. The fraction of sp³-hybridized carbons (Fsp3) is 0.161. The molecule has 9 heteroatoms. The number of alkyl halides is 3. The normalized spacial score (nSPS) is 13.8. The van der Waals surface area contributed by atoms with Crippen molar-refractivity contribution in [2.24, 2.45) is 0 Å². The maximum Gasteiger partial charge on any atom is 0.416 e. The van der Waals surface area contributed by atoms with E-state index >= 15 is 0 Å². The van der Waals surface area contributed by atoms with Gasteiger partial charge in [-0.05, 0) is 90.2 Å². The Morgan fingerprint density at radius 3 is 2.15 bits per heavy atom. The second kappa shape index (κ2) is 10.5. The predicted molar refractivity (Wildman–Crippen MR) is 140 cm³/mol. The summed E-state index contributed by atoms with van der Waals surface area (Å²) < 4.78 is 64.0. The second-order valence-corrected chi connectivity index (χ2v) is 9.45. The molecule has 0 aromatic heterocycles. The first kappa shape index (κ1) is 26.9. The van der Waals surface area contributed by atoms with Crippen LogP contribution in [-0.4, -0.2) is 19.0 Å². The van der Waals surface area contributed by atoms with Gasteiger partial charge in [0, 0.05) is 0 Å². The summed E-state index contributed by atoms with van der Waals surface area (Å²) >= 11 is 0. The molecule has 5 nitrogen and oxygen atoms in total. The summed E-state index contributed by atoms with van der Waals surface area (Å²) in [6, 6.07) is 21.3. The van der Waals surface area contributed by atoms with Crippen LogP contribution in [0, 0.1) is 5.82 Å². The number of carbonyl (C=O) groups is 2. The Morgan fingerprint density at radius 1 is 0.850 bits per heavy atom. The van der Waals surface area contributed by atoms with Crippen LogP contribution in [0.1, 0.15) is 44.7 Å². The van der Waals surface area contributed by atoms with Gasteiger partial charge < -0.3 is 14.8 Å². The van der Waals surface area contributed by atoms with Crippen molar-refractivity contribution in [1.82, 2.24) is 5.32 Å². The topological polar surface area (TPSA) is 64.6 Å². The molecule has 0 aliphatic heterocycles. The molecule has 0 atom stereocenters. The first-order valence-electron chi connectivity index (χ1n) is 12.3. The SMILES string of the molecule is COC(=O)c1ccc(C2(NC(=O)c3cc(-c4cccc(C(F)(F)F)c4)ccc3Oc3ccc(F)cc3)CC2)cc1. The number of nitrogens with one attached hydrogen (secondary N) is 1. The van der Waals surface area contributed by atoms with Crippen LogP contribution in [0.4, 0.5) is 17.6 Å². The number of benzene rings is 4. The van der Waals surface area contributed by atoms with E-state index in [1.807, 2.05) is 0 Å². The van der Waals surface area contributed by atoms with E-state index in [9.17, 15) is 27.2 Å². The third-order valence-electron chi connectivity index (χ3n) is 6.75. The van der Waals surface area contributed by atoms with Crippen molar-refractivity contribution in [2.45, 2.75) is 24.6 Å². The van der Waals surface area contributed by atoms with E-state index in [-0.39, 0.29) is 22.6 Å². The first-order chi connectivity index (χ1) is 19.1. The average molecular weight is 550 g/mol. The molecule has 1 fully saturated rings. The maximum atomic E-state index is 13.7. The maximum absolute atomic E-state index is 13.7. The third-order valence-corrected chi connectivity index (χ3v) is 6.75. The largest absolute Gasteiger partial charge is 0.465 e. The number of rotatable bonds is 7. The molecule has 0 bridgehead atoms. The monoisotopic (exact) mass is 549 g/mol. The highest BCUT2D eigenvalue weighted by molar-refractivity contribution is 5.99. The van der Waals surface area contributed by atoms with Crippen molar-refractivity contribution in [1.29, 1.82) is 0 Å². The molecular formula is C31H23F4NO4. The highest BCUT2D eigenvalue weighted by atomic mass is 19.4. The molecule has 0 radical (unpaired) electrons. The van der Waals surface area contributed by atoms with Crippen LogP contribution in [0.25, 0.3) is 11.1 Å². The van der Waals surface area contributed by atoms with Gasteiger partial charge in [0.1, 0.15) is 17.3 Å². The molecule has 0 unspecified atom stereocenters. The van der Waals surface area contributed by atoms with Crippen LogP contribution in [0.5, 0.6) is 11.5 Å². The Kier molecular flexibility index (Phi) is 7.06. The number of hydrogen-bond acceptors (Lipinski definition) is 4. The molecule has 0 spiro atoms. The molecule has 0 heterocycles. The number of carbonyl (C=O) groups excluding carboxylic acids is 2. The van der Waals surface area contributed by atoms with Crippen molar-refractivity contribution >= 4 is 11.9 Å². The van der Waals surface area contributed by atoms with Gasteiger partial charge in [-0.1, -0.05) is 30.3 Å². The Labute approximate surface area is 227 Å². The summed E-state index contributed by atoms with van der Waals surface area (Å²) in [6.45, 7) is 0. The number of esters is 1. The summed E-state index contributed by atoms with van der Waals surface area (Å²) in [4.78, 5) is 25.5. The Morgan fingerprint density at radius 2 is 1.52 bits per heavy atom. The predicted octanol–water partition coefficient (Wildman–Crippen LogP) is 7.51. The van der Waals surface area contributed by atoms with E-state index in [4.69, 9.17) is 9.47 Å². The summed E-state index contributed by atoms with van der Waals surface area (Å²) in [5.74, 6) is -1.01. The minimum Gasteiger partial charge on any atom is -0.465 e. The number of methoxy groups -OCH3 is 1. The molecule has 1 aliphatic carbocycles. The van der Waals surface area contributed by atoms with Gasteiger partial charge in [0.2, 0.25) is 0 Å². The van der Waals surface area contributed by atoms with Crippen LogP contribution in [0.2, 0.25) is 0 Å². The molecule has 4 aromatic carbocycles. The second-order valence-electron chi connectivity index (χ2n) is 9.45. The molecule has 1 aliphatic rings. The summed E-state index contributed by atoms with van der Waals surface area (Å²) in [7, 11) is 1.29. The zero-order chi connectivity index (χ0) is 28.5. The lowest BCUT2D eigenvalue weighted by Crippen LogP contribution is -2.35. The van der Waals surface area contributed by atoms with Crippen LogP contribution in [0.3, 0.4) is 0 Å². The fourth-order valence-corrected chi connectivity index (χ4v) is 4.42. The lowest BCUT2D eigenvalue weighted by molar-refractivity contribution is -0.137. The van der Waals surface area contributed by atoms with Gasteiger partial charge in [0.25, 0.3) is 5.91 Å². The Balaban J connectivity index is 1.49. The van der Waals surface area contributed by atoms with Gasteiger partial charge in [-0.25, -0.2) is 9.18 Å². The van der Waals surface area contributed by atoms with Gasteiger partial charge in [0.15, 0.2) is 0 Å².